The van der Waals surface area contributed by atoms with Crippen LogP contribution in [0.3, 0.4) is 0 Å². The van der Waals surface area contributed by atoms with Gasteiger partial charge in [0.25, 0.3) is 0 Å². The molecule has 33 heavy (non-hydrogen) atoms. The smallest absolute Gasteiger partial charge is 0.407 e. The molecule has 2 aliphatic rings. The van der Waals surface area contributed by atoms with E-state index in [1.807, 2.05) is 29.1 Å². The van der Waals surface area contributed by atoms with Crippen LogP contribution in [0.5, 0.6) is 0 Å². The average Bonchev–Trinajstić information content (AvgIpc) is 3.40. The zero-order valence-electron chi connectivity index (χ0n) is 18.6. The summed E-state index contributed by atoms with van der Waals surface area (Å²) in [7, 11) is 0. The van der Waals surface area contributed by atoms with Gasteiger partial charge >= 0.3 is 6.09 Å². The quantitative estimate of drug-likeness (QED) is 0.612. The minimum absolute atomic E-state index is 0.465. The highest BCUT2D eigenvalue weighted by Gasteiger charge is 2.22. The number of nitrogens with zero attached hydrogens (tertiary/aromatic N) is 6. The first-order valence-electron chi connectivity index (χ1n) is 11.6. The third kappa shape index (κ3) is 4.92. The first kappa shape index (κ1) is 21.2. The van der Waals surface area contributed by atoms with Gasteiger partial charge in [-0.05, 0) is 31.0 Å². The van der Waals surface area contributed by atoms with Crippen molar-refractivity contribution in [3.63, 3.8) is 0 Å². The minimum atomic E-state index is -0.870. The van der Waals surface area contributed by atoms with E-state index in [0.29, 0.717) is 32.2 Å². The van der Waals surface area contributed by atoms with Crippen LogP contribution in [-0.2, 0) is 0 Å². The van der Waals surface area contributed by atoms with Crippen LogP contribution in [0.2, 0.25) is 0 Å². The summed E-state index contributed by atoms with van der Waals surface area (Å²) in [5.41, 5.74) is 2.81. The van der Waals surface area contributed by atoms with E-state index in [-0.39, 0.29) is 0 Å². The van der Waals surface area contributed by atoms with Crippen molar-refractivity contribution in [1.29, 1.82) is 0 Å². The molecule has 0 spiro atoms. The molecule has 1 aliphatic carbocycles. The van der Waals surface area contributed by atoms with Gasteiger partial charge in [0.15, 0.2) is 0 Å². The summed E-state index contributed by atoms with van der Waals surface area (Å²) >= 11 is 0. The molecule has 5 rings (SSSR count). The van der Waals surface area contributed by atoms with Crippen molar-refractivity contribution in [2.75, 3.05) is 36.4 Å². The number of pyridine rings is 2. The Morgan fingerprint density at radius 3 is 2.58 bits per heavy atom. The molecule has 3 aromatic heterocycles. The molecule has 3 aromatic rings. The monoisotopic (exact) mass is 447 g/mol. The van der Waals surface area contributed by atoms with Gasteiger partial charge < -0.3 is 24.8 Å². The molecule has 0 bridgehead atoms. The minimum Gasteiger partial charge on any atom is -0.465 e. The van der Waals surface area contributed by atoms with E-state index in [1.165, 1.54) is 37.0 Å². The van der Waals surface area contributed by atoms with Crippen molar-refractivity contribution in [2.24, 2.45) is 0 Å². The molecule has 1 saturated carbocycles. The summed E-state index contributed by atoms with van der Waals surface area (Å²) in [6.07, 6.45) is 12.6. The zero-order valence-corrected chi connectivity index (χ0v) is 18.6. The Morgan fingerprint density at radius 2 is 1.85 bits per heavy atom. The summed E-state index contributed by atoms with van der Waals surface area (Å²) in [5.74, 6) is 1.71. The van der Waals surface area contributed by atoms with Crippen molar-refractivity contribution in [3.05, 3.63) is 49.2 Å². The second-order valence-corrected chi connectivity index (χ2v) is 8.70. The number of amides is 1. The van der Waals surface area contributed by atoms with Gasteiger partial charge in [-0.2, -0.15) is 0 Å². The summed E-state index contributed by atoms with van der Waals surface area (Å²) in [4.78, 5) is 28.6. The number of hydrogen-bond donors (Lipinski definition) is 2. The highest BCUT2D eigenvalue weighted by molar-refractivity contribution is 5.68. The number of hydrogen-bond acceptors (Lipinski definition) is 6. The van der Waals surface area contributed by atoms with Crippen molar-refractivity contribution in [3.8, 4) is 16.9 Å². The van der Waals surface area contributed by atoms with Gasteiger partial charge in [0.1, 0.15) is 11.6 Å². The Kier molecular flexibility index (Phi) is 6.10. The number of imidazole rings is 1. The summed E-state index contributed by atoms with van der Waals surface area (Å²) in [6, 6.07) is 8.62. The van der Waals surface area contributed by atoms with Crippen LogP contribution in [0.25, 0.3) is 16.9 Å². The fourth-order valence-corrected chi connectivity index (χ4v) is 4.62. The second-order valence-electron chi connectivity index (χ2n) is 8.70. The molecule has 172 valence electrons. The lowest BCUT2D eigenvalue weighted by molar-refractivity contribution is 0.142. The molecule has 2 fully saturated rings. The number of anilines is 2. The summed E-state index contributed by atoms with van der Waals surface area (Å²) in [5, 5.41) is 12.9. The number of carboxylic acid groups (broad SMARTS) is 1. The van der Waals surface area contributed by atoms with Crippen LogP contribution in [-0.4, -0.2) is 67.8 Å². The van der Waals surface area contributed by atoms with E-state index in [1.54, 1.807) is 12.5 Å². The topological polar surface area (TPSA) is 99.4 Å². The SMILES string of the molecule is O=C(O)N1CCN(c2cc(-n3ccnc3)cc(-c3ccnc(NC4CCCCC4)c3)n2)CC1. The number of piperazine rings is 1. The molecule has 0 aromatic carbocycles. The molecule has 0 radical (unpaired) electrons. The van der Waals surface area contributed by atoms with Gasteiger partial charge in [-0.3, -0.25) is 0 Å². The molecular formula is C24H29N7O2. The first-order valence-corrected chi connectivity index (χ1v) is 11.6. The van der Waals surface area contributed by atoms with E-state index in [4.69, 9.17) is 4.98 Å². The molecule has 4 heterocycles. The van der Waals surface area contributed by atoms with E-state index >= 15 is 0 Å². The maximum absolute atomic E-state index is 11.3. The summed E-state index contributed by atoms with van der Waals surface area (Å²) < 4.78 is 1.96. The molecule has 0 unspecified atom stereocenters. The van der Waals surface area contributed by atoms with Crippen LogP contribution in [0.4, 0.5) is 16.4 Å². The maximum atomic E-state index is 11.3. The molecule has 9 heteroatoms. The second kappa shape index (κ2) is 9.48. The normalized spacial score (nSPS) is 17.2. The Hall–Kier alpha value is -3.62. The lowest BCUT2D eigenvalue weighted by atomic mass is 9.95. The average molecular weight is 448 g/mol. The van der Waals surface area contributed by atoms with Gasteiger partial charge in [-0.25, -0.2) is 19.7 Å². The van der Waals surface area contributed by atoms with E-state index < -0.39 is 6.09 Å². The predicted molar refractivity (Wildman–Crippen MR) is 127 cm³/mol. The number of aromatic nitrogens is 4. The molecule has 1 saturated heterocycles. The highest BCUT2D eigenvalue weighted by Crippen LogP contribution is 2.28. The van der Waals surface area contributed by atoms with E-state index in [2.05, 4.69) is 32.3 Å². The van der Waals surface area contributed by atoms with Crippen molar-refractivity contribution >= 4 is 17.7 Å². The van der Waals surface area contributed by atoms with Crippen LogP contribution >= 0.6 is 0 Å². The lowest BCUT2D eigenvalue weighted by Gasteiger charge is -2.34. The van der Waals surface area contributed by atoms with E-state index in [9.17, 15) is 9.90 Å². The van der Waals surface area contributed by atoms with Gasteiger partial charge in [-0.1, -0.05) is 19.3 Å². The Morgan fingerprint density at radius 1 is 1.03 bits per heavy atom. The van der Waals surface area contributed by atoms with Crippen LogP contribution < -0.4 is 10.2 Å². The zero-order chi connectivity index (χ0) is 22.6. The van der Waals surface area contributed by atoms with Crippen LogP contribution in [0.15, 0.2) is 49.2 Å². The number of rotatable bonds is 5. The molecule has 1 aliphatic heterocycles. The van der Waals surface area contributed by atoms with Crippen LogP contribution in [0, 0.1) is 0 Å². The Balaban J connectivity index is 1.44. The van der Waals surface area contributed by atoms with Gasteiger partial charge in [0.2, 0.25) is 0 Å². The first-order chi connectivity index (χ1) is 16.2. The number of nitrogens with one attached hydrogen (secondary N) is 1. The largest absolute Gasteiger partial charge is 0.465 e. The standard InChI is InChI=1S/C24H29N7O2/c32-24(33)30-12-10-29(11-13-30)23-16-20(31-9-8-25-17-31)15-21(28-23)18-6-7-26-22(14-18)27-19-4-2-1-3-5-19/h6-9,14-17,19H,1-5,10-13H2,(H,26,27)(H,32,33). The fourth-order valence-electron chi connectivity index (χ4n) is 4.62. The molecular weight excluding hydrogens is 418 g/mol. The molecule has 1 amide bonds. The lowest BCUT2D eigenvalue weighted by Crippen LogP contribution is -2.48. The van der Waals surface area contributed by atoms with Crippen LogP contribution in [0.1, 0.15) is 32.1 Å². The predicted octanol–water partition coefficient (Wildman–Crippen LogP) is 3.87. The molecule has 2 N–H and O–H groups in total. The number of carbonyl (C=O) groups is 1. The Labute approximate surface area is 193 Å². The third-order valence-corrected chi connectivity index (χ3v) is 6.49. The third-order valence-electron chi connectivity index (χ3n) is 6.49. The summed E-state index contributed by atoms with van der Waals surface area (Å²) in [6.45, 7) is 2.15. The highest BCUT2D eigenvalue weighted by atomic mass is 16.4. The van der Waals surface area contributed by atoms with Gasteiger partial charge in [0.05, 0.1) is 17.7 Å². The van der Waals surface area contributed by atoms with Gasteiger partial charge in [-0.15, -0.1) is 0 Å². The molecule has 9 nitrogen and oxygen atoms in total. The Bertz CT molecular complexity index is 1090. The van der Waals surface area contributed by atoms with Crippen molar-refractivity contribution < 1.29 is 9.90 Å². The van der Waals surface area contributed by atoms with Crippen molar-refractivity contribution in [1.82, 2.24) is 24.4 Å². The fraction of sp³-hybridized carbons (Fsp3) is 0.417. The maximum Gasteiger partial charge on any atom is 0.407 e. The van der Waals surface area contributed by atoms with Gasteiger partial charge in [0, 0.05) is 62.4 Å². The van der Waals surface area contributed by atoms with E-state index in [0.717, 1.165) is 28.6 Å². The molecule has 0 atom stereocenters. The van der Waals surface area contributed by atoms with Crippen molar-refractivity contribution in [2.45, 2.75) is 38.1 Å².